The molecule has 0 aliphatic heterocycles. The second-order valence-corrected chi connectivity index (χ2v) is 8.38. The van der Waals surface area contributed by atoms with Gasteiger partial charge in [0, 0.05) is 31.3 Å². The first-order valence-corrected chi connectivity index (χ1v) is 11.0. The second kappa shape index (κ2) is 16.0. The number of rotatable bonds is 9. The molecule has 0 radical (unpaired) electrons. The fourth-order valence-corrected chi connectivity index (χ4v) is 3.99. The minimum absolute atomic E-state index is 0. The quantitative estimate of drug-likeness (QED) is 0.273. The number of carbonyl (C=O) groups excluding carboxylic acids is 2. The molecule has 0 aromatic heterocycles. The summed E-state index contributed by atoms with van der Waals surface area (Å²) < 4.78 is 18.7. The van der Waals surface area contributed by atoms with Gasteiger partial charge in [-0.05, 0) is 36.7 Å². The maximum Gasteiger partial charge on any atom is 1.00 e. The van der Waals surface area contributed by atoms with Crippen LogP contribution in [0.1, 0.15) is 52.9 Å². The number of halogens is 1. The van der Waals surface area contributed by atoms with Crippen LogP contribution in [-0.4, -0.2) is 58.9 Å². The standard InChI is InChI=1S/C18H27FO3.C5H10O4.Na/c1-4-11(2)18(21)22-16-10-14(20)9-13-6-5-12(3)15(7-8-19)17(13)16;6-2-1-4(7)3-5(8)9;/h5-6,9,11-12,14-17,20H,4,7-8,10H2,1-3H3;4,6-7H,1-3H2,(H,8,9);/q;;+1/p-1/t11-,12-,14-,15-,16-,17-;4-;/m01./s1. The van der Waals surface area contributed by atoms with Crippen molar-refractivity contribution in [3.05, 3.63) is 23.8 Å². The molecule has 0 amide bonds. The molecule has 2 aliphatic carbocycles. The molecule has 2 aliphatic rings. The number of alkyl halides is 1. The first kappa shape index (κ1) is 31.2. The number of hydrogen-bond acceptors (Lipinski definition) is 7. The van der Waals surface area contributed by atoms with E-state index in [0.29, 0.717) is 12.8 Å². The van der Waals surface area contributed by atoms with Gasteiger partial charge in [-0.15, -0.1) is 0 Å². The molecular weight excluding hydrogens is 430 g/mol. The minimum Gasteiger partial charge on any atom is -0.550 e. The molecule has 7 atom stereocenters. The molecule has 9 heteroatoms. The van der Waals surface area contributed by atoms with Crippen molar-refractivity contribution < 1.29 is 68.7 Å². The predicted octanol–water partition coefficient (Wildman–Crippen LogP) is -1.69. The first-order chi connectivity index (χ1) is 14.6. The van der Waals surface area contributed by atoms with Crippen LogP contribution in [-0.2, 0) is 14.3 Å². The summed E-state index contributed by atoms with van der Waals surface area (Å²) >= 11 is 0. The number of allylic oxidation sites excluding steroid dienone is 2. The summed E-state index contributed by atoms with van der Waals surface area (Å²) in [6.45, 7) is 5.30. The zero-order chi connectivity index (χ0) is 23.6. The van der Waals surface area contributed by atoms with Crippen molar-refractivity contribution in [2.75, 3.05) is 13.3 Å². The number of carboxylic acid groups (broad SMARTS) is 1. The summed E-state index contributed by atoms with van der Waals surface area (Å²) in [4.78, 5) is 21.9. The van der Waals surface area contributed by atoms with Crippen LogP contribution in [0.4, 0.5) is 4.39 Å². The summed E-state index contributed by atoms with van der Waals surface area (Å²) in [5, 5.41) is 36.6. The average molecular weight is 467 g/mol. The van der Waals surface area contributed by atoms with Crippen LogP contribution in [0.25, 0.3) is 0 Å². The Bertz CT molecular complexity index is 640. The SMILES string of the molecule is CC[C@H](C)C(=O)O[C@H]1C[C@@H](O)C=C2C=C[C@H](C)[C@H](CCF)[C@H]21.O=C([O-])C[C@H](O)CCO.[Na+]. The maximum absolute atomic E-state index is 13.0. The van der Waals surface area contributed by atoms with Crippen LogP contribution < -0.4 is 34.7 Å². The van der Waals surface area contributed by atoms with E-state index in [-0.39, 0.29) is 85.0 Å². The summed E-state index contributed by atoms with van der Waals surface area (Å²) in [5.41, 5.74) is 0.984. The normalized spacial score (nSPS) is 28.1. The van der Waals surface area contributed by atoms with Gasteiger partial charge in [0.15, 0.2) is 0 Å². The molecule has 3 N–H and O–H groups in total. The van der Waals surface area contributed by atoms with Crippen molar-refractivity contribution in [1.29, 1.82) is 0 Å². The number of ether oxygens (including phenoxy) is 1. The molecule has 178 valence electrons. The van der Waals surface area contributed by atoms with Crippen molar-refractivity contribution in [1.82, 2.24) is 0 Å². The Labute approximate surface area is 212 Å². The van der Waals surface area contributed by atoms with Gasteiger partial charge < -0.3 is 30.0 Å². The number of hydrogen-bond donors (Lipinski definition) is 3. The monoisotopic (exact) mass is 466 g/mol. The van der Waals surface area contributed by atoms with Gasteiger partial charge in [0.05, 0.1) is 24.8 Å². The van der Waals surface area contributed by atoms with E-state index in [0.717, 1.165) is 12.0 Å². The molecule has 2 rings (SSSR count). The Kier molecular flexibility index (Phi) is 15.6. The molecule has 0 bridgehead atoms. The van der Waals surface area contributed by atoms with Crippen molar-refractivity contribution in [2.24, 2.45) is 23.7 Å². The largest absolute Gasteiger partial charge is 1.00 e. The zero-order valence-electron chi connectivity index (χ0n) is 19.6. The number of esters is 1. The molecule has 0 saturated heterocycles. The van der Waals surface area contributed by atoms with Crippen molar-refractivity contribution >= 4 is 11.9 Å². The van der Waals surface area contributed by atoms with Crippen LogP contribution in [0.3, 0.4) is 0 Å². The second-order valence-electron chi connectivity index (χ2n) is 8.38. The molecular formula is C23H36FNaO7. The Morgan fingerprint density at radius 1 is 1.38 bits per heavy atom. The smallest absolute Gasteiger partial charge is 0.550 e. The summed E-state index contributed by atoms with van der Waals surface area (Å²) in [6, 6.07) is 0. The van der Waals surface area contributed by atoms with Gasteiger partial charge in [-0.25, -0.2) is 0 Å². The van der Waals surface area contributed by atoms with Gasteiger partial charge >= 0.3 is 35.5 Å². The van der Waals surface area contributed by atoms with Gasteiger partial charge in [0.2, 0.25) is 0 Å². The third-order valence-corrected chi connectivity index (χ3v) is 5.96. The molecule has 0 heterocycles. The van der Waals surface area contributed by atoms with E-state index in [1.807, 2.05) is 26.0 Å². The zero-order valence-corrected chi connectivity index (χ0v) is 21.6. The summed E-state index contributed by atoms with van der Waals surface area (Å²) in [5.74, 6) is -1.31. The molecule has 0 aromatic carbocycles. The van der Waals surface area contributed by atoms with E-state index in [4.69, 9.17) is 14.9 Å². The number of aliphatic hydroxyl groups is 3. The van der Waals surface area contributed by atoms with Gasteiger partial charge in [0.25, 0.3) is 0 Å². The Hall–Kier alpha value is -0.770. The number of carboxylic acids is 1. The van der Waals surface area contributed by atoms with Gasteiger partial charge in [-0.1, -0.05) is 39.0 Å². The number of fused-ring (bicyclic) bond motifs is 1. The number of aliphatic carboxylic acids is 1. The van der Waals surface area contributed by atoms with Crippen LogP contribution in [0.15, 0.2) is 23.8 Å². The number of carbonyl (C=O) groups is 2. The summed E-state index contributed by atoms with van der Waals surface area (Å²) in [6.07, 6.45) is 5.22. The Morgan fingerprint density at radius 2 is 2.03 bits per heavy atom. The van der Waals surface area contributed by atoms with Crippen LogP contribution in [0.5, 0.6) is 0 Å². The van der Waals surface area contributed by atoms with Crippen LogP contribution >= 0.6 is 0 Å². The van der Waals surface area contributed by atoms with Crippen molar-refractivity contribution in [3.8, 4) is 0 Å². The molecule has 0 fully saturated rings. The van der Waals surface area contributed by atoms with E-state index < -0.39 is 24.6 Å². The molecule has 0 unspecified atom stereocenters. The van der Waals surface area contributed by atoms with E-state index in [9.17, 15) is 24.2 Å². The van der Waals surface area contributed by atoms with E-state index >= 15 is 0 Å². The molecule has 0 spiro atoms. The fraction of sp³-hybridized carbons (Fsp3) is 0.739. The molecule has 32 heavy (non-hydrogen) atoms. The molecule has 7 nitrogen and oxygen atoms in total. The predicted molar refractivity (Wildman–Crippen MR) is 111 cm³/mol. The van der Waals surface area contributed by atoms with Gasteiger partial charge in [-0.3, -0.25) is 9.18 Å². The topological polar surface area (TPSA) is 127 Å². The van der Waals surface area contributed by atoms with E-state index in [1.165, 1.54) is 0 Å². The first-order valence-electron chi connectivity index (χ1n) is 11.0. The maximum atomic E-state index is 13.0. The third kappa shape index (κ3) is 10.0. The van der Waals surface area contributed by atoms with Crippen LogP contribution in [0.2, 0.25) is 0 Å². The van der Waals surface area contributed by atoms with E-state index in [2.05, 4.69) is 13.0 Å². The average Bonchev–Trinajstić information content (AvgIpc) is 2.69. The van der Waals surface area contributed by atoms with E-state index in [1.54, 1.807) is 0 Å². The molecule has 0 saturated carbocycles. The Morgan fingerprint density at radius 3 is 2.56 bits per heavy atom. The fourth-order valence-electron chi connectivity index (χ4n) is 3.99. The van der Waals surface area contributed by atoms with Gasteiger partial charge in [-0.2, -0.15) is 0 Å². The molecule has 0 aromatic rings. The van der Waals surface area contributed by atoms with Crippen LogP contribution in [0, 0.1) is 23.7 Å². The van der Waals surface area contributed by atoms with Crippen molar-refractivity contribution in [3.63, 3.8) is 0 Å². The minimum atomic E-state index is -1.30. The Balaban J connectivity index is 0.000000821. The summed E-state index contributed by atoms with van der Waals surface area (Å²) in [7, 11) is 0. The van der Waals surface area contributed by atoms with Crippen molar-refractivity contribution in [2.45, 2.75) is 71.2 Å². The third-order valence-electron chi connectivity index (χ3n) is 5.96. The number of aliphatic hydroxyl groups excluding tert-OH is 3. The van der Waals surface area contributed by atoms with Gasteiger partial charge in [0.1, 0.15) is 6.10 Å².